The van der Waals surface area contributed by atoms with E-state index in [2.05, 4.69) is 5.32 Å². The molecule has 100 valence electrons. The summed E-state index contributed by atoms with van der Waals surface area (Å²) in [5.74, 6) is 1.55. The Labute approximate surface area is 108 Å². The molecular formula is C14H22N2O2. The first kappa shape index (κ1) is 13.0. The van der Waals surface area contributed by atoms with E-state index < -0.39 is 0 Å². The number of hydrogen-bond acceptors (Lipinski definition) is 4. The second kappa shape index (κ2) is 5.96. The van der Waals surface area contributed by atoms with Crippen LogP contribution in [0.5, 0.6) is 11.5 Å². The van der Waals surface area contributed by atoms with Crippen LogP contribution in [0.2, 0.25) is 0 Å². The van der Waals surface area contributed by atoms with Crippen LogP contribution < -0.4 is 20.5 Å². The number of hydrogen-bond donors (Lipinski definition) is 2. The lowest BCUT2D eigenvalue weighted by Gasteiger charge is -2.16. The van der Waals surface area contributed by atoms with E-state index in [9.17, 15) is 0 Å². The van der Waals surface area contributed by atoms with E-state index in [1.165, 1.54) is 0 Å². The molecule has 0 radical (unpaired) electrons. The van der Waals surface area contributed by atoms with Gasteiger partial charge in [0.15, 0.2) is 11.5 Å². The van der Waals surface area contributed by atoms with Gasteiger partial charge in [-0.1, -0.05) is 0 Å². The van der Waals surface area contributed by atoms with Gasteiger partial charge in [0.25, 0.3) is 0 Å². The van der Waals surface area contributed by atoms with Gasteiger partial charge in [-0.3, -0.25) is 0 Å². The molecule has 0 saturated heterocycles. The van der Waals surface area contributed by atoms with Gasteiger partial charge in [-0.25, -0.2) is 0 Å². The highest BCUT2D eigenvalue weighted by Crippen LogP contribution is 2.31. The summed E-state index contributed by atoms with van der Waals surface area (Å²) in [5.41, 5.74) is 6.99. The summed E-state index contributed by atoms with van der Waals surface area (Å²) < 4.78 is 10.8. The first-order valence-corrected chi connectivity index (χ1v) is 6.56. The van der Waals surface area contributed by atoms with Crippen molar-refractivity contribution in [1.29, 1.82) is 0 Å². The monoisotopic (exact) mass is 250 g/mol. The zero-order valence-electron chi connectivity index (χ0n) is 11.1. The minimum absolute atomic E-state index is 0.340. The molecule has 0 aromatic heterocycles. The van der Waals surface area contributed by atoms with E-state index >= 15 is 0 Å². The highest BCUT2D eigenvalue weighted by atomic mass is 16.5. The first-order valence-electron chi connectivity index (χ1n) is 6.56. The molecule has 1 aliphatic rings. The lowest BCUT2D eigenvalue weighted by Crippen LogP contribution is -2.20. The molecule has 0 aliphatic heterocycles. The van der Waals surface area contributed by atoms with Crippen LogP contribution in [-0.4, -0.2) is 25.8 Å². The van der Waals surface area contributed by atoms with E-state index in [1.54, 1.807) is 7.11 Å². The van der Waals surface area contributed by atoms with E-state index in [-0.39, 0.29) is 0 Å². The summed E-state index contributed by atoms with van der Waals surface area (Å²) in [6.07, 6.45) is 3.28. The molecule has 18 heavy (non-hydrogen) atoms. The average Bonchev–Trinajstić information content (AvgIpc) is 2.76. The zero-order valence-corrected chi connectivity index (χ0v) is 11.1. The molecule has 1 saturated carbocycles. The Morgan fingerprint density at radius 1 is 1.33 bits per heavy atom. The van der Waals surface area contributed by atoms with Crippen LogP contribution >= 0.6 is 0 Å². The third-order valence-electron chi connectivity index (χ3n) is 3.31. The highest BCUT2D eigenvalue weighted by Gasteiger charge is 2.21. The Balaban J connectivity index is 2.06. The molecule has 3 N–H and O–H groups in total. The second-order valence-electron chi connectivity index (χ2n) is 4.71. The van der Waals surface area contributed by atoms with Crippen LogP contribution in [0.1, 0.15) is 26.2 Å². The summed E-state index contributed by atoms with van der Waals surface area (Å²) in [5, 5.41) is 3.51. The maximum Gasteiger partial charge on any atom is 0.163 e. The van der Waals surface area contributed by atoms with Gasteiger partial charge in [-0.2, -0.15) is 0 Å². The minimum atomic E-state index is 0.340. The van der Waals surface area contributed by atoms with Crippen molar-refractivity contribution in [3.63, 3.8) is 0 Å². The van der Waals surface area contributed by atoms with Crippen molar-refractivity contribution >= 4 is 5.69 Å². The smallest absolute Gasteiger partial charge is 0.163 e. The molecular weight excluding hydrogens is 228 g/mol. The van der Waals surface area contributed by atoms with Gasteiger partial charge >= 0.3 is 0 Å². The second-order valence-corrected chi connectivity index (χ2v) is 4.71. The SMILES string of the molecule is CCOc1cc(NC2CCC(N)C2)ccc1OC. The number of methoxy groups -OCH3 is 1. The van der Waals surface area contributed by atoms with Crippen molar-refractivity contribution in [2.45, 2.75) is 38.3 Å². The molecule has 0 bridgehead atoms. The molecule has 4 nitrogen and oxygen atoms in total. The van der Waals surface area contributed by atoms with Crippen molar-refractivity contribution in [2.75, 3.05) is 19.0 Å². The van der Waals surface area contributed by atoms with Gasteiger partial charge in [0.05, 0.1) is 13.7 Å². The molecule has 1 fully saturated rings. The quantitative estimate of drug-likeness (QED) is 0.842. The largest absolute Gasteiger partial charge is 0.493 e. The Hall–Kier alpha value is -1.42. The fraction of sp³-hybridized carbons (Fsp3) is 0.571. The fourth-order valence-electron chi connectivity index (χ4n) is 2.42. The van der Waals surface area contributed by atoms with Crippen molar-refractivity contribution in [3.8, 4) is 11.5 Å². The Morgan fingerprint density at radius 3 is 2.78 bits per heavy atom. The number of nitrogens with one attached hydrogen (secondary N) is 1. The number of benzene rings is 1. The summed E-state index contributed by atoms with van der Waals surface area (Å²) in [6.45, 7) is 2.60. The summed E-state index contributed by atoms with van der Waals surface area (Å²) in [4.78, 5) is 0. The third-order valence-corrected chi connectivity index (χ3v) is 3.31. The van der Waals surface area contributed by atoms with E-state index in [0.29, 0.717) is 18.7 Å². The normalized spacial score (nSPS) is 22.8. The van der Waals surface area contributed by atoms with Gasteiger partial charge in [0, 0.05) is 23.8 Å². The Kier molecular flexibility index (Phi) is 4.31. The summed E-state index contributed by atoms with van der Waals surface area (Å²) in [7, 11) is 1.65. The van der Waals surface area contributed by atoms with Crippen molar-refractivity contribution < 1.29 is 9.47 Å². The number of anilines is 1. The van der Waals surface area contributed by atoms with E-state index in [1.807, 2.05) is 25.1 Å². The standard InChI is InChI=1S/C14H22N2O2/c1-3-18-14-9-12(6-7-13(14)17-2)16-11-5-4-10(15)8-11/h6-7,9-11,16H,3-5,8,15H2,1-2H3. The van der Waals surface area contributed by atoms with Crippen LogP contribution in [0.25, 0.3) is 0 Å². The minimum Gasteiger partial charge on any atom is -0.493 e. The van der Waals surface area contributed by atoms with Crippen LogP contribution in [0, 0.1) is 0 Å². The number of nitrogens with two attached hydrogens (primary N) is 1. The highest BCUT2D eigenvalue weighted by molar-refractivity contribution is 5.55. The fourth-order valence-corrected chi connectivity index (χ4v) is 2.42. The van der Waals surface area contributed by atoms with Crippen LogP contribution in [0.4, 0.5) is 5.69 Å². The van der Waals surface area contributed by atoms with E-state index in [0.717, 1.165) is 36.4 Å². The predicted molar refractivity (Wildman–Crippen MR) is 73.4 cm³/mol. The van der Waals surface area contributed by atoms with Crippen molar-refractivity contribution in [3.05, 3.63) is 18.2 Å². The Bertz CT molecular complexity index is 395. The topological polar surface area (TPSA) is 56.5 Å². The number of ether oxygens (including phenoxy) is 2. The van der Waals surface area contributed by atoms with Crippen molar-refractivity contribution in [1.82, 2.24) is 0 Å². The summed E-state index contributed by atoms with van der Waals surface area (Å²) in [6, 6.07) is 6.76. The molecule has 2 rings (SSSR count). The van der Waals surface area contributed by atoms with Crippen molar-refractivity contribution in [2.24, 2.45) is 5.73 Å². The van der Waals surface area contributed by atoms with Gasteiger partial charge in [-0.05, 0) is 38.3 Å². The number of rotatable bonds is 5. The summed E-state index contributed by atoms with van der Waals surface area (Å²) >= 11 is 0. The van der Waals surface area contributed by atoms with E-state index in [4.69, 9.17) is 15.2 Å². The molecule has 0 heterocycles. The molecule has 4 heteroatoms. The molecule has 2 atom stereocenters. The predicted octanol–water partition coefficient (Wildman–Crippen LogP) is 2.39. The van der Waals surface area contributed by atoms with Gasteiger partial charge in [0.1, 0.15) is 0 Å². The molecule has 0 amide bonds. The third kappa shape index (κ3) is 3.07. The molecule has 1 aliphatic carbocycles. The molecule has 1 aromatic carbocycles. The first-order chi connectivity index (χ1) is 8.72. The van der Waals surface area contributed by atoms with Gasteiger partial charge in [0.2, 0.25) is 0 Å². The lowest BCUT2D eigenvalue weighted by atomic mass is 10.2. The average molecular weight is 250 g/mol. The molecule has 0 spiro atoms. The van der Waals surface area contributed by atoms with Gasteiger partial charge < -0.3 is 20.5 Å². The van der Waals surface area contributed by atoms with Crippen LogP contribution in [-0.2, 0) is 0 Å². The van der Waals surface area contributed by atoms with Crippen LogP contribution in [0.15, 0.2) is 18.2 Å². The van der Waals surface area contributed by atoms with Gasteiger partial charge in [-0.15, -0.1) is 0 Å². The maximum absolute atomic E-state index is 5.92. The lowest BCUT2D eigenvalue weighted by molar-refractivity contribution is 0.311. The Morgan fingerprint density at radius 2 is 2.17 bits per heavy atom. The van der Waals surface area contributed by atoms with Crippen LogP contribution in [0.3, 0.4) is 0 Å². The maximum atomic E-state index is 5.92. The zero-order chi connectivity index (χ0) is 13.0. The molecule has 1 aromatic rings. The molecule has 2 unspecified atom stereocenters.